The Kier molecular flexibility index (Phi) is 3.55. The molecular weight excluding hydrogens is 232 g/mol. The molecule has 18 heavy (non-hydrogen) atoms. The molecule has 0 unspecified atom stereocenters. The molecule has 0 saturated heterocycles. The SMILES string of the molecule is NC(=O)C1CCC(NC(=O)c2cc(N)c[nH]2)CC1. The van der Waals surface area contributed by atoms with Crippen LogP contribution < -0.4 is 16.8 Å². The Morgan fingerprint density at radius 2 is 1.94 bits per heavy atom. The molecule has 1 saturated carbocycles. The molecule has 1 fully saturated rings. The van der Waals surface area contributed by atoms with E-state index in [1.54, 1.807) is 12.3 Å². The van der Waals surface area contributed by atoms with Crippen LogP contribution in [0.3, 0.4) is 0 Å². The zero-order valence-corrected chi connectivity index (χ0v) is 10.1. The van der Waals surface area contributed by atoms with Crippen LogP contribution in [0, 0.1) is 5.92 Å². The topological polar surface area (TPSA) is 114 Å². The summed E-state index contributed by atoms with van der Waals surface area (Å²) in [4.78, 5) is 25.7. The fourth-order valence-corrected chi connectivity index (χ4v) is 2.33. The van der Waals surface area contributed by atoms with Crippen LogP contribution in [0.25, 0.3) is 0 Å². The lowest BCUT2D eigenvalue weighted by Crippen LogP contribution is -2.39. The average Bonchev–Trinajstić information content (AvgIpc) is 2.76. The molecule has 2 amide bonds. The van der Waals surface area contributed by atoms with E-state index in [1.165, 1.54) is 0 Å². The first-order valence-corrected chi connectivity index (χ1v) is 6.10. The number of nitrogens with one attached hydrogen (secondary N) is 2. The largest absolute Gasteiger partial charge is 0.397 e. The molecule has 0 radical (unpaired) electrons. The third kappa shape index (κ3) is 2.82. The molecule has 6 N–H and O–H groups in total. The predicted octanol–water partition coefficient (Wildman–Crippen LogP) is 0.371. The minimum atomic E-state index is -0.239. The van der Waals surface area contributed by atoms with E-state index in [-0.39, 0.29) is 23.8 Å². The second-order valence-corrected chi connectivity index (χ2v) is 4.77. The van der Waals surface area contributed by atoms with Crippen molar-refractivity contribution in [3.05, 3.63) is 18.0 Å². The van der Waals surface area contributed by atoms with Crippen molar-refractivity contribution in [1.29, 1.82) is 0 Å². The number of nitrogens with two attached hydrogens (primary N) is 2. The van der Waals surface area contributed by atoms with Gasteiger partial charge in [0.05, 0.1) is 0 Å². The van der Waals surface area contributed by atoms with Crippen LogP contribution in [0.5, 0.6) is 0 Å². The number of anilines is 1. The molecule has 0 spiro atoms. The Morgan fingerprint density at radius 1 is 1.28 bits per heavy atom. The molecular formula is C12H18N4O2. The summed E-state index contributed by atoms with van der Waals surface area (Å²) in [5.41, 5.74) is 11.8. The van der Waals surface area contributed by atoms with Crippen LogP contribution in [0.15, 0.2) is 12.3 Å². The van der Waals surface area contributed by atoms with Gasteiger partial charge in [0.1, 0.15) is 5.69 Å². The van der Waals surface area contributed by atoms with Crippen molar-refractivity contribution in [2.75, 3.05) is 5.73 Å². The second-order valence-electron chi connectivity index (χ2n) is 4.77. The minimum Gasteiger partial charge on any atom is -0.397 e. The van der Waals surface area contributed by atoms with Gasteiger partial charge in [-0.25, -0.2) is 0 Å². The number of hydrogen-bond donors (Lipinski definition) is 4. The molecule has 1 aromatic rings. The molecule has 6 nitrogen and oxygen atoms in total. The van der Waals surface area contributed by atoms with E-state index < -0.39 is 0 Å². The molecule has 0 bridgehead atoms. The summed E-state index contributed by atoms with van der Waals surface area (Å²) in [7, 11) is 0. The summed E-state index contributed by atoms with van der Waals surface area (Å²) in [6.45, 7) is 0. The number of carbonyl (C=O) groups is 2. The van der Waals surface area contributed by atoms with Crippen molar-refractivity contribution >= 4 is 17.5 Å². The first-order chi connectivity index (χ1) is 8.56. The van der Waals surface area contributed by atoms with E-state index in [9.17, 15) is 9.59 Å². The lowest BCUT2D eigenvalue weighted by atomic mass is 9.85. The first-order valence-electron chi connectivity index (χ1n) is 6.10. The summed E-state index contributed by atoms with van der Waals surface area (Å²) < 4.78 is 0. The molecule has 98 valence electrons. The molecule has 1 heterocycles. The lowest BCUT2D eigenvalue weighted by molar-refractivity contribution is -0.122. The van der Waals surface area contributed by atoms with E-state index >= 15 is 0 Å². The Bertz CT molecular complexity index is 447. The Labute approximate surface area is 105 Å². The molecule has 6 heteroatoms. The highest BCUT2D eigenvalue weighted by atomic mass is 16.2. The van der Waals surface area contributed by atoms with Gasteiger partial charge in [-0.2, -0.15) is 0 Å². The normalized spacial score (nSPS) is 23.6. The summed E-state index contributed by atoms with van der Waals surface area (Å²) in [6.07, 6.45) is 4.64. The maximum absolute atomic E-state index is 11.9. The van der Waals surface area contributed by atoms with E-state index in [0.717, 1.165) is 25.7 Å². The van der Waals surface area contributed by atoms with Gasteiger partial charge in [-0.15, -0.1) is 0 Å². The maximum Gasteiger partial charge on any atom is 0.267 e. The van der Waals surface area contributed by atoms with Crippen LogP contribution in [0.2, 0.25) is 0 Å². The summed E-state index contributed by atoms with van der Waals surface area (Å²) in [6, 6.07) is 1.71. The van der Waals surface area contributed by atoms with Crippen molar-refractivity contribution < 1.29 is 9.59 Å². The van der Waals surface area contributed by atoms with Gasteiger partial charge in [-0.3, -0.25) is 9.59 Å². The number of nitrogen functional groups attached to an aromatic ring is 1. The monoisotopic (exact) mass is 250 g/mol. The Balaban J connectivity index is 1.85. The Morgan fingerprint density at radius 3 is 2.44 bits per heavy atom. The fraction of sp³-hybridized carbons (Fsp3) is 0.500. The van der Waals surface area contributed by atoms with Crippen LogP contribution in [-0.4, -0.2) is 22.8 Å². The van der Waals surface area contributed by atoms with E-state index in [1.807, 2.05) is 0 Å². The number of carbonyl (C=O) groups excluding carboxylic acids is 2. The minimum absolute atomic E-state index is 0.0423. The molecule has 2 rings (SSSR count). The number of primary amides is 1. The quantitative estimate of drug-likeness (QED) is 0.621. The lowest BCUT2D eigenvalue weighted by Gasteiger charge is -2.27. The zero-order valence-electron chi connectivity index (χ0n) is 10.1. The van der Waals surface area contributed by atoms with Crippen molar-refractivity contribution in [2.45, 2.75) is 31.7 Å². The highest BCUT2D eigenvalue weighted by Gasteiger charge is 2.25. The number of hydrogen-bond acceptors (Lipinski definition) is 3. The van der Waals surface area contributed by atoms with E-state index in [0.29, 0.717) is 11.4 Å². The molecule has 0 aromatic carbocycles. The van der Waals surface area contributed by atoms with Gasteiger partial charge >= 0.3 is 0 Å². The summed E-state index contributed by atoms with van der Waals surface area (Å²) >= 11 is 0. The van der Waals surface area contributed by atoms with Gasteiger partial charge in [0, 0.05) is 23.8 Å². The smallest absolute Gasteiger partial charge is 0.267 e. The number of rotatable bonds is 3. The molecule has 1 aliphatic carbocycles. The second kappa shape index (κ2) is 5.12. The van der Waals surface area contributed by atoms with Crippen molar-refractivity contribution in [3.8, 4) is 0 Å². The number of H-pyrrole nitrogens is 1. The van der Waals surface area contributed by atoms with Gasteiger partial charge in [-0.05, 0) is 31.7 Å². The number of aromatic nitrogens is 1. The van der Waals surface area contributed by atoms with E-state index in [2.05, 4.69) is 10.3 Å². The van der Waals surface area contributed by atoms with Crippen molar-refractivity contribution in [3.63, 3.8) is 0 Å². The third-order valence-corrected chi connectivity index (χ3v) is 3.41. The van der Waals surface area contributed by atoms with Gasteiger partial charge in [-0.1, -0.05) is 0 Å². The summed E-state index contributed by atoms with van der Waals surface area (Å²) in [5, 5.41) is 2.93. The fourth-order valence-electron chi connectivity index (χ4n) is 2.33. The van der Waals surface area contributed by atoms with Crippen molar-refractivity contribution in [2.24, 2.45) is 11.7 Å². The third-order valence-electron chi connectivity index (χ3n) is 3.41. The van der Waals surface area contributed by atoms with Gasteiger partial charge < -0.3 is 21.8 Å². The highest BCUT2D eigenvalue weighted by Crippen LogP contribution is 2.24. The molecule has 1 aromatic heterocycles. The molecule has 0 aliphatic heterocycles. The Hall–Kier alpha value is -1.98. The first kappa shape index (κ1) is 12.5. The number of aromatic amines is 1. The van der Waals surface area contributed by atoms with Gasteiger partial charge in [0.15, 0.2) is 0 Å². The predicted molar refractivity (Wildman–Crippen MR) is 67.6 cm³/mol. The summed E-state index contributed by atoms with van der Waals surface area (Å²) in [5.74, 6) is -0.439. The van der Waals surface area contributed by atoms with Crippen LogP contribution in [0.4, 0.5) is 5.69 Å². The van der Waals surface area contributed by atoms with Crippen LogP contribution in [-0.2, 0) is 4.79 Å². The standard InChI is InChI=1S/C12H18N4O2/c13-8-5-10(15-6-8)12(18)16-9-3-1-7(2-4-9)11(14)17/h5-7,9,15H,1-4,13H2,(H2,14,17)(H,16,18). The van der Waals surface area contributed by atoms with Gasteiger partial charge in [0.25, 0.3) is 5.91 Å². The zero-order chi connectivity index (χ0) is 13.1. The average molecular weight is 250 g/mol. The molecule has 1 aliphatic rings. The van der Waals surface area contributed by atoms with E-state index in [4.69, 9.17) is 11.5 Å². The van der Waals surface area contributed by atoms with Crippen LogP contribution in [0.1, 0.15) is 36.2 Å². The number of amides is 2. The molecule has 0 atom stereocenters. The maximum atomic E-state index is 11.9. The van der Waals surface area contributed by atoms with Crippen molar-refractivity contribution in [1.82, 2.24) is 10.3 Å². The highest BCUT2D eigenvalue weighted by molar-refractivity contribution is 5.93. The van der Waals surface area contributed by atoms with Crippen LogP contribution >= 0.6 is 0 Å². The van der Waals surface area contributed by atoms with Gasteiger partial charge in [0.2, 0.25) is 5.91 Å².